The van der Waals surface area contributed by atoms with E-state index in [-0.39, 0.29) is 30.7 Å². The van der Waals surface area contributed by atoms with Gasteiger partial charge in [-0.2, -0.15) is 0 Å². The van der Waals surface area contributed by atoms with Gasteiger partial charge in [0.2, 0.25) is 17.7 Å². The van der Waals surface area contributed by atoms with Gasteiger partial charge in [0.15, 0.2) is 0 Å². The van der Waals surface area contributed by atoms with Gasteiger partial charge in [-0.05, 0) is 19.2 Å². The molecule has 7 heteroatoms. The van der Waals surface area contributed by atoms with Gasteiger partial charge in [-0.3, -0.25) is 24.2 Å². The Morgan fingerprint density at radius 2 is 2.10 bits per heavy atom. The molecule has 1 saturated heterocycles. The summed E-state index contributed by atoms with van der Waals surface area (Å²) in [5.74, 6) is -0.809. The van der Waals surface area contributed by atoms with E-state index in [2.05, 4.69) is 5.32 Å². The number of benzene rings is 1. The second-order valence-corrected chi connectivity index (χ2v) is 5.36. The van der Waals surface area contributed by atoms with Crippen molar-refractivity contribution in [2.75, 3.05) is 26.0 Å². The van der Waals surface area contributed by atoms with Crippen LogP contribution in [-0.2, 0) is 14.4 Å². The summed E-state index contributed by atoms with van der Waals surface area (Å²) in [6.07, 6.45) is 0.102. The quantitative estimate of drug-likeness (QED) is 0.841. The van der Waals surface area contributed by atoms with Crippen molar-refractivity contribution < 1.29 is 14.4 Å². The number of anilines is 1. The van der Waals surface area contributed by atoms with Crippen LogP contribution in [0.25, 0.3) is 0 Å². The number of hydrogen-bond donors (Lipinski definition) is 1. The van der Waals surface area contributed by atoms with Crippen molar-refractivity contribution in [1.82, 2.24) is 9.80 Å². The van der Waals surface area contributed by atoms with Crippen LogP contribution in [0.15, 0.2) is 24.3 Å². The highest BCUT2D eigenvalue weighted by molar-refractivity contribution is 6.33. The molecule has 2 rings (SSSR count). The fourth-order valence-electron chi connectivity index (χ4n) is 2.17. The standard InChI is InChI=1S/C14H16ClN3O3/c1-17(11-7-13(20)18(2)14(11)21)8-12(19)16-10-6-4-3-5-9(10)15/h3-6,11H,7-8H2,1-2H3,(H,16,19). The number of nitrogens with one attached hydrogen (secondary N) is 1. The minimum absolute atomic E-state index is 0.00273. The van der Waals surface area contributed by atoms with Gasteiger partial charge in [-0.25, -0.2) is 0 Å². The first-order chi connectivity index (χ1) is 9.90. The largest absolute Gasteiger partial charge is 0.324 e. The molecule has 1 aliphatic rings. The van der Waals surface area contributed by atoms with Crippen molar-refractivity contribution in [2.24, 2.45) is 0 Å². The third-order valence-corrected chi connectivity index (χ3v) is 3.76. The summed E-state index contributed by atoms with van der Waals surface area (Å²) in [5, 5.41) is 3.12. The molecule has 0 aliphatic carbocycles. The molecule has 21 heavy (non-hydrogen) atoms. The Bertz CT molecular complexity index is 591. The monoisotopic (exact) mass is 309 g/mol. The Balaban J connectivity index is 1.96. The zero-order valence-corrected chi connectivity index (χ0v) is 12.6. The molecule has 3 amide bonds. The SMILES string of the molecule is CN1C(=O)CC(N(C)CC(=O)Nc2ccccc2Cl)C1=O. The summed E-state index contributed by atoms with van der Waals surface area (Å²) in [6, 6.07) is 6.31. The third kappa shape index (κ3) is 3.40. The van der Waals surface area contributed by atoms with Gasteiger partial charge in [0.25, 0.3) is 0 Å². The topological polar surface area (TPSA) is 69.7 Å². The smallest absolute Gasteiger partial charge is 0.246 e. The molecule has 1 aliphatic heterocycles. The van der Waals surface area contributed by atoms with Crippen LogP contribution in [0.2, 0.25) is 5.02 Å². The maximum atomic E-state index is 12.0. The molecule has 1 fully saturated rings. The molecule has 0 radical (unpaired) electrons. The van der Waals surface area contributed by atoms with Crippen LogP contribution in [0.4, 0.5) is 5.69 Å². The minimum Gasteiger partial charge on any atom is -0.324 e. The average molecular weight is 310 g/mol. The Hall–Kier alpha value is -1.92. The molecule has 1 unspecified atom stereocenters. The van der Waals surface area contributed by atoms with Crippen molar-refractivity contribution in [3.63, 3.8) is 0 Å². The van der Waals surface area contributed by atoms with E-state index >= 15 is 0 Å². The summed E-state index contributed by atoms with van der Waals surface area (Å²) in [5.41, 5.74) is 0.517. The first-order valence-electron chi connectivity index (χ1n) is 6.45. The van der Waals surface area contributed by atoms with E-state index in [9.17, 15) is 14.4 Å². The Kier molecular flexibility index (Phi) is 4.59. The van der Waals surface area contributed by atoms with E-state index in [0.29, 0.717) is 10.7 Å². The van der Waals surface area contributed by atoms with Crippen LogP contribution in [-0.4, -0.2) is 54.2 Å². The minimum atomic E-state index is -0.584. The predicted molar refractivity (Wildman–Crippen MR) is 78.9 cm³/mol. The number of hydrogen-bond acceptors (Lipinski definition) is 4. The summed E-state index contributed by atoms with van der Waals surface area (Å²) in [4.78, 5) is 38.0. The maximum Gasteiger partial charge on any atom is 0.246 e. The van der Waals surface area contributed by atoms with Crippen LogP contribution in [0.3, 0.4) is 0 Å². The van der Waals surface area contributed by atoms with Crippen LogP contribution in [0.1, 0.15) is 6.42 Å². The van der Waals surface area contributed by atoms with E-state index < -0.39 is 6.04 Å². The number of halogens is 1. The van der Waals surface area contributed by atoms with Crippen LogP contribution in [0.5, 0.6) is 0 Å². The van der Waals surface area contributed by atoms with Crippen molar-refractivity contribution in [3.8, 4) is 0 Å². The number of imide groups is 1. The van der Waals surface area contributed by atoms with Crippen LogP contribution in [0, 0.1) is 0 Å². The molecule has 0 bridgehead atoms. The number of carbonyl (C=O) groups is 3. The van der Waals surface area contributed by atoms with Gasteiger partial charge in [0.1, 0.15) is 0 Å². The molecule has 0 aromatic heterocycles. The molecule has 1 N–H and O–H groups in total. The van der Waals surface area contributed by atoms with Crippen LogP contribution >= 0.6 is 11.6 Å². The first kappa shape index (κ1) is 15.5. The zero-order valence-electron chi connectivity index (χ0n) is 11.8. The number of likely N-dealkylation sites (tertiary alicyclic amines) is 1. The highest BCUT2D eigenvalue weighted by Crippen LogP contribution is 2.21. The molecule has 112 valence electrons. The fraction of sp³-hybridized carbons (Fsp3) is 0.357. The Morgan fingerprint density at radius 1 is 1.43 bits per heavy atom. The van der Waals surface area contributed by atoms with Crippen molar-refractivity contribution in [3.05, 3.63) is 29.3 Å². The van der Waals surface area contributed by atoms with Crippen molar-refractivity contribution in [2.45, 2.75) is 12.5 Å². The summed E-state index contributed by atoms with van der Waals surface area (Å²) in [7, 11) is 3.09. The highest BCUT2D eigenvalue weighted by Gasteiger charge is 2.38. The first-order valence-corrected chi connectivity index (χ1v) is 6.83. The van der Waals surface area contributed by atoms with E-state index in [1.165, 1.54) is 7.05 Å². The van der Waals surface area contributed by atoms with E-state index in [1.807, 2.05) is 0 Å². The molecule has 1 aromatic carbocycles. The summed E-state index contributed by atoms with van der Waals surface area (Å²) < 4.78 is 0. The lowest BCUT2D eigenvalue weighted by atomic mass is 10.2. The number of nitrogens with zero attached hydrogens (tertiary/aromatic N) is 2. The number of para-hydroxylation sites is 1. The molecular weight excluding hydrogens is 294 g/mol. The van der Waals surface area contributed by atoms with Gasteiger partial charge in [-0.1, -0.05) is 23.7 Å². The normalized spacial score (nSPS) is 18.5. The van der Waals surface area contributed by atoms with Gasteiger partial charge in [-0.15, -0.1) is 0 Å². The van der Waals surface area contributed by atoms with E-state index in [4.69, 9.17) is 11.6 Å². The third-order valence-electron chi connectivity index (χ3n) is 3.43. The highest BCUT2D eigenvalue weighted by atomic mass is 35.5. The van der Waals surface area contributed by atoms with E-state index in [1.54, 1.807) is 36.2 Å². The van der Waals surface area contributed by atoms with Crippen molar-refractivity contribution in [1.29, 1.82) is 0 Å². The van der Waals surface area contributed by atoms with Crippen LogP contribution < -0.4 is 5.32 Å². The zero-order chi connectivity index (χ0) is 15.6. The second kappa shape index (κ2) is 6.24. The van der Waals surface area contributed by atoms with Gasteiger partial charge in [0, 0.05) is 7.05 Å². The molecule has 0 spiro atoms. The summed E-state index contributed by atoms with van der Waals surface area (Å²) >= 11 is 5.96. The number of amides is 3. The van der Waals surface area contributed by atoms with E-state index in [0.717, 1.165) is 4.90 Å². The van der Waals surface area contributed by atoms with Gasteiger partial charge in [0.05, 0.1) is 29.7 Å². The Labute approximate surface area is 127 Å². The Morgan fingerprint density at radius 3 is 2.67 bits per heavy atom. The average Bonchev–Trinajstić information content (AvgIpc) is 2.69. The molecule has 1 heterocycles. The molecule has 6 nitrogen and oxygen atoms in total. The lowest BCUT2D eigenvalue weighted by molar-refractivity contribution is -0.137. The lowest BCUT2D eigenvalue weighted by Crippen LogP contribution is -2.42. The molecule has 1 atom stereocenters. The predicted octanol–water partition coefficient (Wildman–Crippen LogP) is 0.968. The molecule has 0 saturated carbocycles. The summed E-state index contributed by atoms with van der Waals surface area (Å²) in [6.45, 7) is 0.00273. The maximum absolute atomic E-state index is 12.0. The molecular formula is C14H16ClN3O3. The number of likely N-dealkylation sites (N-methyl/N-ethyl adjacent to an activating group) is 2. The fourth-order valence-corrected chi connectivity index (χ4v) is 2.35. The van der Waals surface area contributed by atoms with Gasteiger partial charge >= 0.3 is 0 Å². The van der Waals surface area contributed by atoms with Gasteiger partial charge < -0.3 is 5.32 Å². The van der Waals surface area contributed by atoms with Crippen molar-refractivity contribution >= 4 is 35.0 Å². The lowest BCUT2D eigenvalue weighted by Gasteiger charge is -2.21. The number of carbonyl (C=O) groups excluding carboxylic acids is 3. The number of rotatable bonds is 4. The molecule has 1 aromatic rings. The second-order valence-electron chi connectivity index (χ2n) is 4.95.